The second-order valence-corrected chi connectivity index (χ2v) is 7.52. The standard InChI is InChI=1S/C14H17ClN2OS2/c1-18-10-2-3-12-13(6-10)17(14(7-15)16-12)8-11-9-19-4-5-20-11/h2-3,6,11H,4-5,7-9H2,1H3. The summed E-state index contributed by atoms with van der Waals surface area (Å²) in [5, 5.41) is 0.638. The van der Waals surface area contributed by atoms with Crippen molar-refractivity contribution in [1.82, 2.24) is 9.55 Å². The fourth-order valence-corrected chi connectivity index (χ4v) is 5.29. The second kappa shape index (κ2) is 6.50. The van der Waals surface area contributed by atoms with Crippen LogP contribution in [-0.2, 0) is 12.4 Å². The summed E-state index contributed by atoms with van der Waals surface area (Å²) in [4.78, 5) is 4.63. The molecule has 1 unspecified atom stereocenters. The molecule has 3 rings (SSSR count). The molecule has 0 amide bonds. The van der Waals surface area contributed by atoms with Gasteiger partial charge in [-0.1, -0.05) is 0 Å². The first-order valence-corrected chi connectivity index (χ1v) is 9.34. The van der Waals surface area contributed by atoms with E-state index in [0.29, 0.717) is 11.1 Å². The third-order valence-electron chi connectivity index (χ3n) is 3.43. The molecular formula is C14H17ClN2OS2. The average Bonchev–Trinajstić information content (AvgIpc) is 2.85. The molecule has 0 aliphatic carbocycles. The summed E-state index contributed by atoms with van der Waals surface area (Å²) in [6.45, 7) is 0.976. The summed E-state index contributed by atoms with van der Waals surface area (Å²) in [6.07, 6.45) is 0. The predicted octanol–water partition coefficient (Wildman–Crippen LogP) is 3.63. The Morgan fingerprint density at radius 2 is 2.35 bits per heavy atom. The summed E-state index contributed by atoms with van der Waals surface area (Å²) < 4.78 is 7.59. The van der Waals surface area contributed by atoms with Gasteiger partial charge in [0, 0.05) is 35.1 Å². The maximum absolute atomic E-state index is 6.07. The van der Waals surface area contributed by atoms with Crippen LogP contribution in [0.2, 0.25) is 0 Å². The summed E-state index contributed by atoms with van der Waals surface area (Å²) in [7, 11) is 1.69. The number of thioether (sulfide) groups is 2. The van der Waals surface area contributed by atoms with E-state index in [9.17, 15) is 0 Å². The molecule has 20 heavy (non-hydrogen) atoms. The van der Waals surface area contributed by atoms with Crippen LogP contribution in [-0.4, -0.2) is 39.2 Å². The van der Waals surface area contributed by atoms with E-state index in [0.717, 1.165) is 29.2 Å². The normalized spacial score (nSPS) is 19.4. The van der Waals surface area contributed by atoms with Crippen molar-refractivity contribution in [1.29, 1.82) is 0 Å². The highest BCUT2D eigenvalue weighted by molar-refractivity contribution is 8.06. The number of hydrogen-bond acceptors (Lipinski definition) is 4. The van der Waals surface area contributed by atoms with E-state index in [2.05, 4.69) is 27.4 Å². The largest absolute Gasteiger partial charge is 0.497 e. The molecule has 0 saturated carbocycles. The van der Waals surface area contributed by atoms with E-state index in [1.165, 1.54) is 17.3 Å². The van der Waals surface area contributed by atoms with Crippen molar-refractivity contribution in [3.63, 3.8) is 0 Å². The number of imidazole rings is 1. The lowest BCUT2D eigenvalue weighted by Crippen LogP contribution is -2.21. The third kappa shape index (κ3) is 2.90. The Bertz CT molecular complexity index is 596. The zero-order chi connectivity index (χ0) is 13.9. The zero-order valence-electron chi connectivity index (χ0n) is 11.3. The Morgan fingerprint density at radius 3 is 3.05 bits per heavy atom. The van der Waals surface area contributed by atoms with Crippen molar-refractivity contribution in [3.05, 3.63) is 24.0 Å². The monoisotopic (exact) mass is 328 g/mol. The van der Waals surface area contributed by atoms with Crippen LogP contribution < -0.4 is 4.74 Å². The van der Waals surface area contributed by atoms with E-state index in [1.807, 2.05) is 23.9 Å². The lowest BCUT2D eigenvalue weighted by molar-refractivity contribution is 0.415. The van der Waals surface area contributed by atoms with Crippen LogP contribution in [0.15, 0.2) is 18.2 Å². The van der Waals surface area contributed by atoms with Gasteiger partial charge in [-0.2, -0.15) is 23.5 Å². The molecule has 0 spiro atoms. The van der Waals surface area contributed by atoms with Crippen LogP contribution in [0.1, 0.15) is 5.82 Å². The van der Waals surface area contributed by atoms with Crippen molar-refractivity contribution >= 4 is 46.2 Å². The van der Waals surface area contributed by atoms with Gasteiger partial charge < -0.3 is 9.30 Å². The quantitative estimate of drug-likeness (QED) is 0.801. The van der Waals surface area contributed by atoms with E-state index in [1.54, 1.807) is 7.11 Å². The van der Waals surface area contributed by atoms with Crippen LogP contribution in [0.25, 0.3) is 11.0 Å². The van der Waals surface area contributed by atoms with Crippen molar-refractivity contribution in [3.8, 4) is 5.75 Å². The maximum Gasteiger partial charge on any atom is 0.124 e. The molecule has 1 atom stereocenters. The highest BCUT2D eigenvalue weighted by Gasteiger charge is 2.18. The van der Waals surface area contributed by atoms with Crippen LogP contribution in [0.5, 0.6) is 5.75 Å². The van der Waals surface area contributed by atoms with Crippen LogP contribution in [0.4, 0.5) is 0 Å². The minimum Gasteiger partial charge on any atom is -0.497 e. The number of alkyl halides is 1. The van der Waals surface area contributed by atoms with E-state index in [-0.39, 0.29) is 0 Å². The molecule has 1 aliphatic heterocycles. The Kier molecular flexibility index (Phi) is 4.68. The first kappa shape index (κ1) is 14.4. The van der Waals surface area contributed by atoms with Gasteiger partial charge in [-0.05, 0) is 12.1 Å². The lowest BCUT2D eigenvalue weighted by atomic mass is 10.3. The van der Waals surface area contributed by atoms with Gasteiger partial charge in [0.05, 0.1) is 24.0 Å². The molecule has 0 N–H and O–H groups in total. The molecule has 108 valence electrons. The lowest BCUT2D eigenvalue weighted by Gasteiger charge is -2.22. The van der Waals surface area contributed by atoms with E-state index < -0.39 is 0 Å². The van der Waals surface area contributed by atoms with Gasteiger partial charge in [-0.25, -0.2) is 4.98 Å². The number of nitrogens with zero attached hydrogens (tertiary/aromatic N) is 2. The van der Waals surface area contributed by atoms with Gasteiger partial charge in [-0.3, -0.25) is 0 Å². The summed E-state index contributed by atoms with van der Waals surface area (Å²) in [6, 6.07) is 6.01. The molecule has 1 aliphatic rings. The first-order valence-electron chi connectivity index (χ1n) is 6.60. The summed E-state index contributed by atoms with van der Waals surface area (Å²) >= 11 is 10.2. The summed E-state index contributed by atoms with van der Waals surface area (Å²) in [5.74, 6) is 5.97. The van der Waals surface area contributed by atoms with Crippen LogP contribution in [0.3, 0.4) is 0 Å². The van der Waals surface area contributed by atoms with Crippen molar-refractivity contribution < 1.29 is 4.74 Å². The van der Waals surface area contributed by atoms with Gasteiger partial charge in [0.1, 0.15) is 11.6 Å². The SMILES string of the molecule is COc1ccc2nc(CCl)n(CC3CSCCS3)c2c1. The number of fused-ring (bicyclic) bond motifs is 1. The molecule has 6 heteroatoms. The highest BCUT2D eigenvalue weighted by atomic mass is 35.5. The zero-order valence-corrected chi connectivity index (χ0v) is 13.7. The third-order valence-corrected chi connectivity index (χ3v) is 6.49. The van der Waals surface area contributed by atoms with Crippen molar-refractivity contribution in [2.24, 2.45) is 0 Å². The molecule has 2 aromatic rings. The van der Waals surface area contributed by atoms with Gasteiger partial charge in [0.2, 0.25) is 0 Å². The maximum atomic E-state index is 6.07. The Hall–Kier alpha value is -0.520. The number of hydrogen-bond donors (Lipinski definition) is 0. The molecule has 1 aromatic heterocycles. The topological polar surface area (TPSA) is 27.1 Å². The molecule has 3 nitrogen and oxygen atoms in total. The van der Waals surface area contributed by atoms with Crippen molar-refractivity contribution in [2.45, 2.75) is 17.7 Å². The molecule has 1 fully saturated rings. The molecule has 2 heterocycles. The molecule has 1 aromatic carbocycles. The van der Waals surface area contributed by atoms with Gasteiger partial charge in [-0.15, -0.1) is 11.6 Å². The fourth-order valence-electron chi connectivity index (χ4n) is 2.43. The fraction of sp³-hybridized carbons (Fsp3) is 0.500. The van der Waals surface area contributed by atoms with E-state index in [4.69, 9.17) is 16.3 Å². The number of halogens is 1. The Labute approximate surface area is 132 Å². The van der Waals surface area contributed by atoms with Gasteiger partial charge in [0.25, 0.3) is 0 Å². The van der Waals surface area contributed by atoms with Crippen LogP contribution in [0, 0.1) is 0 Å². The number of methoxy groups -OCH3 is 1. The first-order chi connectivity index (χ1) is 9.81. The predicted molar refractivity (Wildman–Crippen MR) is 89.4 cm³/mol. The molecular weight excluding hydrogens is 312 g/mol. The number of rotatable bonds is 4. The second-order valence-electron chi connectivity index (χ2n) is 4.69. The van der Waals surface area contributed by atoms with Crippen LogP contribution >= 0.6 is 35.1 Å². The Morgan fingerprint density at radius 1 is 1.45 bits per heavy atom. The van der Waals surface area contributed by atoms with Crippen molar-refractivity contribution in [2.75, 3.05) is 24.4 Å². The number of benzene rings is 1. The summed E-state index contributed by atoms with van der Waals surface area (Å²) in [5.41, 5.74) is 2.12. The van der Waals surface area contributed by atoms with E-state index >= 15 is 0 Å². The van der Waals surface area contributed by atoms with Gasteiger partial charge >= 0.3 is 0 Å². The number of ether oxygens (including phenoxy) is 1. The number of aromatic nitrogens is 2. The molecule has 1 saturated heterocycles. The average molecular weight is 329 g/mol. The highest BCUT2D eigenvalue weighted by Crippen LogP contribution is 2.29. The Balaban J connectivity index is 1.97. The van der Waals surface area contributed by atoms with Gasteiger partial charge in [0.15, 0.2) is 0 Å². The molecule has 0 radical (unpaired) electrons. The minimum absolute atomic E-state index is 0.446. The smallest absolute Gasteiger partial charge is 0.124 e. The minimum atomic E-state index is 0.446. The molecule has 0 bridgehead atoms.